The largest absolute Gasteiger partial charge is 0.372 e. The number of rotatable bonds is 6. The van der Waals surface area contributed by atoms with Crippen molar-refractivity contribution in [2.24, 2.45) is 0 Å². The second kappa shape index (κ2) is 7.25. The SMILES string of the molecule is Clc1ccc(COCc2ccc(Cc3c[nH]cn3)cc2)cc1. The molecule has 0 fully saturated rings. The first kappa shape index (κ1) is 14.8. The Balaban J connectivity index is 1.49. The van der Waals surface area contributed by atoms with E-state index in [-0.39, 0.29) is 0 Å². The number of nitrogens with one attached hydrogen (secondary N) is 1. The van der Waals surface area contributed by atoms with Gasteiger partial charge in [-0.3, -0.25) is 0 Å². The number of benzene rings is 2. The zero-order valence-corrected chi connectivity index (χ0v) is 12.9. The van der Waals surface area contributed by atoms with Gasteiger partial charge in [0, 0.05) is 17.6 Å². The molecule has 1 N–H and O–H groups in total. The Morgan fingerprint density at radius 2 is 1.45 bits per heavy atom. The van der Waals surface area contributed by atoms with E-state index in [1.54, 1.807) is 6.33 Å². The number of nitrogens with zero attached hydrogens (tertiary/aromatic N) is 1. The molecule has 3 aromatic rings. The summed E-state index contributed by atoms with van der Waals surface area (Å²) in [7, 11) is 0. The number of hydrogen-bond donors (Lipinski definition) is 1. The maximum absolute atomic E-state index is 5.86. The molecule has 1 aromatic heterocycles. The fourth-order valence-electron chi connectivity index (χ4n) is 2.22. The van der Waals surface area contributed by atoms with Gasteiger partial charge in [0.05, 0.1) is 25.2 Å². The van der Waals surface area contributed by atoms with Crippen LogP contribution >= 0.6 is 11.6 Å². The van der Waals surface area contributed by atoms with E-state index in [2.05, 4.69) is 34.2 Å². The molecule has 0 amide bonds. The predicted octanol–water partition coefficient (Wildman–Crippen LogP) is 4.37. The molecule has 0 radical (unpaired) electrons. The van der Waals surface area contributed by atoms with E-state index < -0.39 is 0 Å². The summed E-state index contributed by atoms with van der Waals surface area (Å²) in [5.41, 5.74) is 4.58. The van der Waals surface area contributed by atoms with Crippen molar-refractivity contribution in [3.8, 4) is 0 Å². The van der Waals surface area contributed by atoms with Gasteiger partial charge in [0.15, 0.2) is 0 Å². The van der Waals surface area contributed by atoms with Crippen LogP contribution in [0.2, 0.25) is 5.02 Å². The van der Waals surface area contributed by atoms with Crippen molar-refractivity contribution in [2.45, 2.75) is 19.6 Å². The summed E-state index contributed by atoms with van der Waals surface area (Å²) in [5, 5.41) is 0.747. The highest BCUT2D eigenvalue weighted by molar-refractivity contribution is 6.30. The standard InChI is InChI=1S/C18H17ClN2O/c19-17-7-5-16(6-8-17)12-22-11-15-3-1-14(2-4-15)9-18-10-20-13-21-18/h1-8,10,13H,9,11-12H2,(H,20,21). The van der Waals surface area contributed by atoms with Crippen molar-refractivity contribution >= 4 is 11.6 Å². The highest BCUT2D eigenvalue weighted by Crippen LogP contribution is 2.13. The lowest BCUT2D eigenvalue weighted by Gasteiger charge is -2.06. The molecule has 0 saturated carbocycles. The van der Waals surface area contributed by atoms with Gasteiger partial charge in [0.1, 0.15) is 0 Å². The van der Waals surface area contributed by atoms with Gasteiger partial charge < -0.3 is 9.72 Å². The fourth-order valence-corrected chi connectivity index (χ4v) is 2.34. The Morgan fingerprint density at radius 3 is 2.05 bits per heavy atom. The lowest BCUT2D eigenvalue weighted by atomic mass is 10.1. The van der Waals surface area contributed by atoms with Crippen LogP contribution in [0.15, 0.2) is 61.1 Å². The smallest absolute Gasteiger partial charge is 0.0923 e. The quantitative estimate of drug-likeness (QED) is 0.734. The van der Waals surface area contributed by atoms with Gasteiger partial charge in [-0.2, -0.15) is 0 Å². The van der Waals surface area contributed by atoms with Crippen LogP contribution in [0.3, 0.4) is 0 Å². The highest BCUT2D eigenvalue weighted by atomic mass is 35.5. The maximum atomic E-state index is 5.86. The van der Waals surface area contributed by atoms with Crippen molar-refractivity contribution in [1.29, 1.82) is 0 Å². The Kier molecular flexibility index (Phi) is 4.88. The van der Waals surface area contributed by atoms with E-state index >= 15 is 0 Å². The van der Waals surface area contributed by atoms with Crippen molar-refractivity contribution in [3.05, 3.63) is 88.5 Å². The number of aromatic nitrogens is 2. The Morgan fingerprint density at radius 1 is 0.864 bits per heavy atom. The van der Waals surface area contributed by atoms with Crippen molar-refractivity contribution in [2.75, 3.05) is 0 Å². The zero-order chi connectivity index (χ0) is 15.2. The number of hydrogen-bond acceptors (Lipinski definition) is 2. The van der Waals surface area contributed by atoms with E-state index in [9.17, 15) is 0 Å². The second-order valence-electron chi connectivity index (χ2n) is 5.17. The molecule has 22 heavy (non-hydrogen) atoms. The van der Waals surface area contributed by atoms with Gasteiger partial charge in [-0.1, -0.05) is 48.0 Å². The molecule has 0 aliphatic rings. The van der Waals surface area contributed by atoms with Crippen LogP contribution in [0.25, 0.3) is 0 Å². The fraction of sp³-hybridized carbons (Fsp3) is 0.167. The highest BCUT2D eigenvalue weighted by Gasteiger charge is 2.00. The zero-order valence-electron chi connectivity index (χ0n) is 12.1. The number of aromatic amines is 1. The summed E-state index contributed by atoms with van der Waals surface area (Å²) in [6.07, 6.45) is 4.47. The monoisotopic (exact) mass is 312 g/mol. The topological polar surface area (TPSA) is 37.9 Å². The van der Waals surface area contributed by atoms with Gasteiger partial charge >= 0.3 is 0 Å². The minimum Gasteiger partial charge on any atom is -0.372 e. The van der Waals surface area contributed by atoms with E-state index in [1.807, 2.05) is 30.5 Å². The molecule has 0 unspecified atom stereocenters. The summed E-state index contributed by atoms with van der Waals surface area (Å²) in [6, 6.07) is 16.2. The predicted molar refractivity (Wildman–Crippen MR) is 87.8 cm³/mol. The third-order valence-corrected chi connectivity index (χ3v) is 3.67. The third kappa shape index (κ3) is 4.20. The van der Waals surface area contributed by atoms with Crippen LogP contribution in [0, 0.1) is 0 Å². The molecule has 3 rings (SSSR count). The molecule has 0 aliphatic heterocycles. The third-order valence-electron chi connectivity index (χ3n) is 3.41. The van der Waals surface area contributed by atoms with Crippen molar-refractivity contribution in [1.82, 2.24) is 9.97 Å². The molecule has 0 saturated heterocycles. The molecule has 112 valence electrons. The van der Waals surface area contributed by atoms with Crippen LogP contribution in [0.4, 0.5) is 0 Å². The Bertz CT molecular complexity index is 691. The summed E-state index contributed by atoms with van der Waals surface area (Å²) >= 11 is 5.86. The Labute approximate surface area is 134 Å². The maximum Gasteiger partial charge on any atom is 0.0923 e. The molecule has 1 heterocycles. The molecule has 2 aromatic carbocycles. The number of imidazole rings is 1. The minimum atomic E-state index is 0.589. The summed E-state index contributed by atoms with van der Waals surface area (Å²) in [4.78, 5) is 7.20. The molecule has 3 nitrogen and oxygen atoms in total. The van der Waals surface area contributed by atoms with Crippen LogP contribution in [0.1, 0.15) is 22.4 Å². The first-order valence-electron chi connectivity index (χ1n) is 7.17. The van der Waals surface area contributed by atoms with Crippen molar-refractivity contribution < 1.29 is 4.74 Å². The summed E-state index contributed by atoms with van der Waals surface area (Å²) < 4.78 is 5.73. The van der Waals surface area contributed by atoms with Gasteiger partial charge in [0.2, 0.25) is 0 Å². The van der Waals surface area contributed by atoms with E-state index in [4.69, 9.17) is 16.3 Å². The first-order chi connectivity index (χ1) is 10.8. The van der Waals surface area contributed by atoms with Gasteiger partial charge in [-0.15, -0.1) is 0 Å². The van der Waals surface area contributed by atoms with Crippen LogP contribution in [-0.4, -0.2) is 9.97 Å². The average Bonchev–Trinajstić information content (AvgIpc) is 3.04. The Hall–Kier alpha value is -2.10. The molecule has 0 bridgehead atoms. The minimum absolute atomic E-state index is 0.589. The van der Waals surface area contributed by atoms with E-state index in [1.165, 1.54) is 11.1 Å². The normalized spacial score (nSPS) is 10.8. The van der Waals surface area contributed by atoms with Crippen LogP contribution in [0.5, 0.6) is 0 Å². The lowest BCUT2D eigenvalue weighted by Crippen LogP contribution is -1.95. The summed E-state index contributed by atoms with van der Waals surface area (Å²) in [5.74, 6) is 0. The van der Waals surface area contributed by atoms with Gasteiger partial charge in [-0.05, 0) is 28.8 Å². The average molecular weight is 313 g/mol. The molecule has 4 heteroatoms. The van der Waals surface area contributed by atoms with E-state index in [0.717, 1.165) is 22.7 Å². The number of H-pyrrole nitrogens is 1. The lowest BCUT2D eigenvalue weighted by molar-refractivity contribution is 0.107. The number of halogens is 1. The molecule has 0 atom stereocenters. The first-order valence-corrected chi connectivity index (χ1v) is 7.55. The molecule has 0 aliphatic carbocycles. The van der Waals surface area contributed by atoms with Crippen LogP contribution in [-0.2, 0) is 24.4 Å². The molecule has 0 spiro atoms. The number of ether oxygens (including phenoxy) is 1. The van der Waals surface area contributed by atoms with Crippen LogP contribution < -0.4 is 0 Å². The molecular weight excluding hydrogens is 296 g/mol. The summed E-state index contributed by atoms with van der Waals surface area (Å²) in [6.45, 7) is 1.19. The van der Waals surface area contributed by atoms with Gasteiger partial charge in [-0.25, -0.2) is 4.98 Å². The van der Waals surface area contributed by atoms with E-state index in [0.29, 0.717) is 13.2 Å². The van der Waals surface area contributed by atoms with Crippen molar-refractivity contribution in [3.63, 3.8) is 0 Å². The second-order valence-corrected chi connectivity index (χ2v) is 5.61. The van der Waals surface area contributed by atoms with Gasteiger partial charge in [0.25, 0.3) is 0 Å². The molecular formula is C18H17ClN2O.